The fourth-order valence-electron chi connectivity index (χ4n) is 3.99. The molecule has 0 spiro atoms. The van der Waals surface area contributed by atoms with Crippen molar-refractivity contribution in [3.8, 4) is 0 Å². The van der Waals surface area contributed by atoms with Gasteiger partial charge in [0.15, 0.2) is 0 Å². The van der Waals surface area contributed by atoms with Crippen molar-refractivity contribution in [3.05, 3.63) is 0 Å². The molecule has 0 unspecified atom stereocenters. The molecule has 3 rings (SSSR count). The maximum atomic E-state index is 12.5. The Bertz CT molecular complexity index is 280. The van der Waals surface area contributed by atoms with Crippen LogP contribution in [0.5, 0.6) is 0 Å². The van der Waals surface area contributed by atoms with E-state index in [-0.39, 0.29) is 6.04 Å². The minimum Gasteiger partial charge on any atom is -0.338 e. The van der Waals surface area contributed by atoms with Crippen LogP contribution in [0.3, 0.4) is 0 Å². The molecule has 3 aliphatic rings. The summed E-state index contributed by atoms with van der Waals surface area (Å²) in [4.78, 5) is 14.7. The van der Waals surface area contributed by atoms with Gasteiger partial charge in [-0.2, -0.15) is 0 Å². The van der Waals surface area contributed by atoms with E-state index in [9.17, 15) is 4.79 Å². The van der Waals surface area contributed by atoms with E-state index in [2.05, 4.69) is 10.2 Å². The molecule has 2 atom stereocenters. The highest BCUT2D eigenvalue weighted by Gasteiger charge is 2.38. The number of nitrogens with one attached hydrogen (secondary N) is 1. The summed E-state index contributed by atoms with van der Waals surface area (Å²) in [6.07, 6.45) is 10.2. The van der Waals surface area contributed by atoms with Crippen LogP contribution in [0.4, 0.5) is 0 Å². The molecule has 2 heterocycles. The Morgan fingerprint density at radius 1 is 1.00 bits per heavy atom. The predicted molar refractivity (Wildman–Crippen MR) is 67.7 cm³/mol. The Balaban J connectivity index is 1.65. The standard InChI is InChI=1S/C14H24N2O/c17-14(12-7-3-9-15-12)16-10-4-8-13(16)11-5-1-2-6-11/h11-13,15H,1-10H2/t12-,13+/m0/s1. The van der Waals surface area contributed by atoms with Crippen molar-refractivity contribution in [1.29, 1.82) is 0 Å². The lowest BCUT2D eigenvalue weighted by Crippen LogP contribution is -2.47. The van der Waals surface area contributed by atoms with Crippen LogP contribution in [0.2, 0.25) is 0 Å². The van der Waals surface area contributed by atoms with E-state index in [1.54, 1.807) is 0 Å². The molecule has 3 nitrogen and oxygen atoms in total. The number of amides is 1. The lowest BCUT2D eigenvalue weighted by Gasteiger charge is -2.31. The third-order valence-corrected chi connectivity index (χ3v) is 4.88. The summed E-state index contributed by atoms with van der Waals surface area (Å²) < 4.78 is 0. The molecule has 0 radical (unpaired) electrons. The van der Waals surface area contributed by atoms with E-state index in [4.69, 9.17) is 0 Å². The molecule has 2 saturated heterocycles. The Kier molecular flexibility index (Phi) is 3.37. The number of carbonyl (C=O) groups is 1. The third-order valence-electron chi connectivity index (χ3n) is 4.88. The molecule has 0 bridgehead atoms. The Labute approximate surface area is 104 Å². The number of hydrogen-bond donors (Lipinski definition) is 1. The van der Waals surface area contributed by atoms with Crippen molar-refractivity contribution in [3.63, 3.8) is 0 Å². The summed E-state index contributed by atoms with van der Waals surface area (Å²) in [6.45, 7) is 2.04. The first-order chi connectivity index (χ1) is 8.36. The highest BCUT2D eigenvalue weighted by atomic mass is 16.2. The van der Waals surface area contributed by atoms with Gasteiger partial charge in [0.25, 0.3) is 0 Å². The van der Waals surface area contributed by atoms with Crippen LogP contribution in [-0.2, 0) is 4.79 Å². The Morgan fingerprint density at radius 3 is 2.53 bits per heavy atom. The average molecular weight is 236 g/mol. The SMILES string of the molecule is O=C([C@@H]1CCCN1)N1CCC[C@@H]1C1CCCC1. The van der Waals surface area contributed by atoms with E-state index < -0.39 is 0 Å². The second kappa shape index (κ2) is 4.97. The third kappa shape index (κ3) is 2.22. The highest BCUT2D eigenvalue weighted by Crippen LogP contribution is 2.35. The zero-order valence-electron chi connectivity index (χ0n) is 10.7. The highest BCUT2D eigenvalue weighted by molar-refractivity contribution is 5.82. The van der Waals surface area contributed by atoms with Crippen molar-refractivity contribution < 1.29 is 4.79 Å². The topological polar surface area (TPSA) is 32.3 Å². The molecule has 0 aromatic carbocycles. The van der Waals surface area contributed by atoms with Gasteiger partial charge < -0.3 is 10.2 Å². The van der Waals surface area contributed by atoms with Gasteiger partial charge in [0, 0.05) is 12.6 Å². The quantitative estimate of drug-likeness (QED) is 0.794. The van der Waals surface area contributed by atoms with Crippen LogP contribution >= 0.6 is 0 Å². The summed E-state index contributed by atoms with van der Waals surface area (Å²) >= 11 is 0. The van der Waals surface area contributed by atoms with Gasteiger partial charge >= 0.3 is 0 Å². The first-order valence-corrected chi connectivity index (χ1v) is 7.40. The minimum absolute atomic E-state index is 0.136. The number of likely N-dealkylation sites (tertiary alicyclic amines) is 1. The van der Waals surface area contributed by atoms with Crippen LogP contribution in [0.25, 0.3) is 0 Å². The number of nitrogens with zero attached hydrogens (tertiary/aromatic N) is 1. The molecule has 2 aliphatic heterocycles. The van der Waals surface area contributed by atoms with E-state index in [0.717, 1.165) is 25.4 Å². The van der Waals surface area contributed by atoms with Crippen molar-refractivity contribution in [2.45, 2.75) is 63.5 Å². The van der Waals surface area contributed by atoms with Crippen molar-refractivity contribution in [1.82, 2.24) is 10.2 Å². The molecule has 0 aromatic rings. The smallest absolute Gasteiger partial charge is 0.239 e. The Morgan fingerprint density at radius 2 is 1.82 bits per heavy atom. The van der Waals surface area contributed by atoms with Crippen molar-refractivity contribution in [2.24, 2.45) is 5.92 Å². The molecule has 3 fully saturated rings. The molecular formula is C14H24N2O. The average Bonchev–Trinajstić information content (AvgIpc) is 3.09. The maximum Gasteiger partial charge on any atom is 0.239 e. The molecule has 0 aromatic heterocycles. The molecule has 1 N–H and O–H groups in total. The molecule has 1 amide bonds. The van der Waals surface area contributed by atoms with Gasteiger partial charge in [-0.3, -0.25) is 4.79 Å². The summed E-state index contributed by atoms with van der Waals surface area (Å²) in [5, 5.41) is 3.35. The van der Waals surface area contributed by atoms with Gasteiger partial charge in [0.2, 0.25) is 5.91 Å². The summed E-state index contributed by atoms with van der Waals surface area (Å²) in [5.74, 6) is 1.21. The zero-order valence-corrected chi connectivity index (χ0v) is 10.7. The summed E-state index contributed by atoms with van der Waals surface area (Å²) in [7, 11) is 0. The van der Waals surface area contributed by atoms with Gasteiger partial charge in [-0.1, -0.05) is 12.8 Å². The summed E-state index contributed by atoms with van der Waals surface area (Å²) in [5.41, 5.74) is 0. The van der Waals surface area contributed by atoms with Crippen LogP contribution in [0, 0.1) is 5.92 Å². The molecular weight excluding hydrogens is 212 g/mol. The van der Waals surface area contributed by atoms with Gasteiger partial charge in [0.05, 0.1) is 6.04 Å². The molecule has 3 heteroatoms. The molecule has 17 heavy (non-hydrogen) atoms. The van der Waals surface area contributed by atoms with Gasteiger partial charge in [-0.25, -0.2) is 0 Å². The number of carbonyl (C=O) groups excluding carboxylic acids is 1. The first kappa shape index (κ1) is 11.5. The van der Waals surface area contributed by atoms with Gasteiger partial charge in [-0.05, 0) is 51.0 Å². The minimum atomic E-state index is 0.136. The van der Waals surface area contributed by atoms with Crippen LogP contribution in [0.15, 0.2) is 0 Å². The molecule has 96 valence electrons. The van der Waals surface area contributed by atoms with E-state index in [1.807, 2.05) is 0 Å². The summed E-state index contributed by atoms with van der Waals surface area (Å²) in [6, 6.07) is 0.712. The lowest BCUT2D eigenvalue weighted by molar-refractivity contribution is -0.134. The second-order valence-electron chi connectivity index (χ2n) is 5.93. The van der Waals surface area contributed by atoms with Crippen molar-refractivity contribution >= 4 is 5.91 Å². The number of hydrogen-bond acceptors (Lipinski definition) is 2. The van der Waals surface area contributed by atoms with Gasteiger partial charge in [0.1, 0.15) is 0 Å². The molecule has 1 saturated carbocycles. The fourth-order valence-corrected chi connectivity index (χ4v) is 3.99. The lowest BCUT2D eigenvalue weighted by atomic mass is 9.95. The van der Waals surface area contributed by atoms with Gasteiger partial charge in [-0.15, -0.1) is 0 Å². The van der Waals surface area contributed by atoms with E-state index in [1.165, 1.54) is 44.9 Å². The maximum absolute atomic E-state index is 12.5. The molecule has 1 aliphatic carbocycles. The fraction of sp³-hybridized carbons (Fsp3) is 0.929. The van der Waals surface area contributed by atoms with Crippen molar-refractivity contribution in [2.75, 3.05) is 13.1 Å². The van der Waals surface area contributed by atoms with Crippen LogP contribution < -0.4 is 5.32 Å². The number of rotatable bonds is 2. The second-order valence-corrected chi connectivity index (χ2v) is 5.93. The zero-order chi connectivity index (χ0) is 11.7. The van der Waals surface area contributed by atoms with E-state index in [0.29, 0.717) is 11.9 Å². The van der Waals surface area contributed by atoms with Crippen LogP contribution in [-0.4, -0.2) is 36.0 Å². The normalized spacial score (nSPS) is 34.7. The predicted octanol–water partition coefficient (Wildman–Crippen LogP) is 1.92. The first-order valence-electron chi connectivity index (χ1n) is 7.40. The largest absolute Gasteiger partial charge is 0.338 e. The monoisotopic (exact) mass is 236 g/mol. The van der Waals surface area contributed by atoms with Crippen LogP contribution in [0.1, 0.15) is 51.4 Å². The van der Waals surface area contributed by atoms with E-state index >= 15 is 0 Å². The Hall–Kier alpha value is -0.570.